The average Bonchev–Trinajstić information content (AvgIpc) is 2.40. The molecule has 1 fully saturated rings. The van der Waals surface area contributed by atoms with Crippen LogP contribution in [-0.2, 0) is 14.3 Å². The monoisotopic (exact) mass is 252 g/mol. The highest BCUT2D eigenvalue weighted by molar-refractivity contribution is 5.69. The molecule has 0 saturated carbocycles. The van der Waals surface area contributed by atoms with Crippen molar-refractivity contribution in [2.75, 3.05) is 37.4 Å². The third-order valence-electron chi connectivity index (χ3n) is 2.76. The van der Waals surface area contributed by atoms with Crippen LogP contribution < -0.4 is 10.6 Å². The maximum absolute atomic E-state index is 11.2. The second-order valence-corrected chi connectivity index (χ2v) is 4.04. The maximum Gasteiger partial charge on any atom is 0.308 e. The van der Waals surface area contributed by atoms with Gasteiger partial charge in [-0.15, -0.1) is 10.2 Å². The van der Waals surface area contributed by atoms with Crippen LogP contribution in [0.3, 0.4) is 0 Å². The van der Waals surface area contributed by atoms with Crippen LogP contribution in [0, 0.1) is 0 Å². The molecule has 2 heterocycles. The van der Waals surface area contributed by atoms with E-state index in [1.807, 2.05) is 11.0 Å². The van der Waals surface area contributed by atoms with Gasteiger partial charge in [-0.1, -0.05) is 0 Å². The van der Waals surface area contributed by atoms with E-state index in [-0.39, 0.29) is 18.5 Å². The zero-order valence-electron chi connectivity index (χ0n) is 10.2. The molecule has 0 spiro atoms. The van der Waals surface area contributed by atoms with Crippen molar-refractivity contribution in [3.05, 3.63) is 12.1 Å². The summed E-state index contributed by atoms with van der Waals surface area (Å²) in [4.78, 5) is 13.2. The molecule has 18 heavy (non-hydrogen) atoms. The van der Waals surface area contributed by atoms with Gasteiger partial charge in [-0.3, -0.25) is 4.79 Å². The van der Waals surface area contributed by atoms with Crippen molar-refractivity contribution < 1.29 is 14.3 Å². The van der Waals surface area contributed by atoms with Crippen molar-refractivity contribution in [2.24, 2.45) is 0 Å². The predicted molar refractivity (Wildman–Crippen MR) is 65.0 cm³/mol. The Balaban J connectivity index is 1.98. The minimum Gasteiger partial charge on any atom is -0.469 e. The van der Waals surface area contributed by atoms with E-state index in [1.165, 1.54) is 7.11 Å². The summed E-state index contributed by atoms with van der Waals surface area (Å²) in [5.41, 5.74) is 5.49. The summed E-state index contributed by atoms with van der Waals surface area (Å²) in [7, 11) is 1.37. The predicted octanol–water partition coefficient (Wildman–Crippen LogP) is -0.173. The van der Waals surface area contributed by atoms with Crippen molar-refractivity contribution >= 4 is 17.6 Å². The normalized spacial score (nSPS) is 19.6. The quantitative estimate of drug-likeness (QED) is 0.746. The number of hydrogen-bond acceptors (Lipinski definition) is 7. The molecular formula is C11H16N4O3. The van der Waals surface area contributed by atoms with Crippen molar-refractivity contribution in [3.63, 3.8) is 0 Å². The molecule has 1 unspecified atom stereocenters. The second-order valence-electron chi connectivity index (χ2n) is 4.04. The number of carbonyl (C=O) groups excluding carboxylic acids is 1. The number of carbonyl (C=O) groups is 1. The number of aromatic nitrogens is 2. The Morgan fingerprint density at radius 3 is 3.11 bits per heavy atom. The molecule has 0 aromatic carbocycles. The number of nitrogens with two attached hydrogens (primary N) is 1. The number of ether oxygens (including phenoxy) is 2. The van der Waals surface area contributed by atoms with Gasteiger partial charge in [0.1, 0.15) is 5.82 Å². The van der Waals surface area contributed by atoms with Crippen molar-refractivity contribution in [2.45, 2.75) is 12.5 Å². The fraction of sp³-hybridized carbons (Fsp3) is 0.545. The van der Waals surface area contributed by atoms with Gasteiger partial charge in [0.25, 0.3) is 0 Å². The van der Waals surface area contributed by atoms with E-state index < -0.39 is 0 Å². The lowest BCUT2D eigenvalue weighted by Crippen LogP contribution is -2.43. The third-order valence-corrected chi connectivity index (χ3v) is 2.76. The number of nitrogen functional groups attached to an aromatic ring is 1. The first-order valence-corrected chi connectivity index (χ1v) is 5.71. The standard InChI is InChI=1S/C11H16N4O3/c1-17-11(16)6-8-7-15(4-5-18-8)10-3-2-9(12)13-14-10/h2-3,8H,4-7H2,1H3,(H2,12,13). The molecule has 2 rings (SSSR count). The molecule has 98 valence electrons. The van der Waals surface area contributed by atoms with E-state index in [9.17, 15) is 4.79 Å². The van der Waals surface area contributed by atoms with Gasteiger partial charge in [0.15, 0.2) is 5.82 Å². The highest BCUT2D eigenvalue weighted by Crippen LogP contribution is 2.16. The van der Waals surface area contributed by atoms with Crippen LogP contribution in [0.2, 0.25) is 0 Å². The molecule has 1 aliphatic rings. The SMILES string of the molecule is COC(=O)CC1CN(c2ccc(N)nn2)CCO1. The van der Waals surface area contributed by atoms with Crippen LogP contribution in [-0.4, -0.2) is 49.1 Å². The van der Waals surface area contributed by atoms with Crippen LogP contribution in [0.5, 0.6) is 0 Å². The molecule has 0 aliphatic carbocycles. The van der Waals surface area contributed by atoms with Gasteiger partial charge in [-0.25, -0.2) is 0 Å². The van der Waals surface area contributed by atoms with Gasteiger partial charge in [0.2, 0.25) is 0 Å². The van der Waals surface area contributed by atoms with E-state index >= 15 is 0 Å². The van der Waals surface area contributed by atoms with Gasteiger partial charge in [0.05, 0.1) is 26.2 Å². The largest absolute Gasteiger partial charge is 0.469 e. The second kappa shape index (κ2) is 5.63. The Labute approximate surface area is 105 Å². The highest BCUT2D eigenvalue weighted by atomic mass is 16.5. The Morgan fingerprint density at radius 2 is 2.44 bits per heavy atom. The number of nitrogens with zero attached hydrogens (tertiary/aromatic N) is 3. The lowest BCUT2D eigenvalue weighted by Gasteiger charge is -2.32. The molecule has 1 atom stereocenters. The third kappa shape index (κ3) is 3.07. The summed E-state index contributed by atoms with van der Waals surface area (Å²) in [6.07, 6.45) is 0.0700. The van der Waals surface area contributed by atoms with Crippen LogP contribution in [0.4, 0.5) is 11.6 Å². The topological polar surface area (TPSA) is 90.6 Å². The summed E-state index contributed by atoms with van der Waals surface area (Å²) in [6, 6.07) is 3.51. The first-order chi connectivity index (χ1) is 8.69. The van der Waals surface area contributed by atoms with E-state index in [0.717, 1.165) is 12.4 Å². The molecule has 2 N–H and O–H groups in total. The van der Waals surface area contributed by atoms with Crippen molar-refractivity contribution in [3.8, 4) is 0 Å². The lowest BCUT2D eigenvalue weighted by molar-refractivity contribution is -0.144. The molecule has 7 nitrogen and oxygen atoms in total. The Bertz CT molecular complexity index is 409. The summed E-state index contributed by atoms with van der Waals surface area (Å²) < 4.78 is 10.1. The van der Waals surface area contributed by atoms with Crippen LogP contribution in [0.1, 0.15) is 6.42 Å². The Hall–Kier alpha value is -1.89. The van der Waals surface area contributed by atoms with Gasteiger partial charge in [0, 0.05) is 13.1 Å². The molecule has 1 aliphatic heterocycles. The first-order valence-electron chi connectivity index (χ1n) is 5.71. The fourth-order valence-corrected chi connectivity index (χ4v) is 1.82. The Kier molecular flexibility index (Phi) is 3.93. The smallest absolute Gasteiger partial charge is 0.308 e. The van der Waals surface area contributed by atoms with E-state index in [4.69, 9.17) is 10.5 Å². The van der Waals surface area contributed by atoms with Gasteiger partial charge in [-0.2, -0.15) is 0 Å². The lowest BCUT2D eigenvalue weighted by atomic mass is 10.2. The summed E-state index contributed by atoms with van der Waals surface area (Å²) in [5, 5.41) is 7.83. The van der Waals surface area contributed by atoms with Gasteiger partial charge in [-0.05, 0) is 12.1 Å². The van der Waals surface area contributed by atoms with Crippen molar-refractivity contribution in [1.29, 1.82) is 0 Å². The minimum absolute atomic E-state index is 0.175. The number of esters is 1. The molecule has 1 aromatic rings. The number of anilines is 2. The maximum atomic E-state index is 11.2. The van der Waals surface area contributed by atoms with Crippen LogP contribution in [0.25, 0.3) is 0 Å². The molecule has 0 radical (unpaired) electrons. The average molecular weight is 252 g/mol. The zero-order chi connectivity index (χ0) is 13.0. The molecule has 0 amide bonds. The summed E-state index contributed by atoms with van der Waals surface area (Å²) >= 11 is 0. The molecule has 7 heteroatoms. The zero-order valence-corrected chi connectivity index (χ0v) is 10.2. The Morgan fingerprint density at radius 1 is 1.61 bits per heavy atom. The number of rotatable bonds is 3. The summed E-state index contributed by atoms with van der Waals surface area (Å²) in [5.74, 6) is 0.853. The molecule has 0 bridgehead atoms. The van der Waals surface area contributed by atoms with Crippen LogP contribution >= 0.6 is 0 Å². The highest BCUT2D eigenvalue weighted by Gasteiger charge is 2.24. The molecular weight excluding hydrogens is 236 g/mol. The summed E-state index contributed by atoms with van der Waals surface area (Å²) in [6.45, 7) is 1.86. The molecule has 1 aromatic heterocycles. The number of methoxy groups -OCH3 is 1. The van der Waals surface area contributed by atoms with Gasteiger partial charge < -0.3 is 20.1 Å². The van der Waals surface area contributed by atoms with Crippen LogP contribution in [0.15, 0.2) is 12.1 Å². The van der Waals surface area contributed by atoms with Gasteiger partial charge >= 0.3 is 5.97 Å². The minimum atomic E-state index is -0.273. The van der Waals surface area contributed by atoms with E-state index in [2.05, 4.69) is 14.9 Å². The number of morpholine rings is 1. The molecule has 1 saturated heterocycles. The number of hydrogen-bond donors (Lipinski definition) is 1. The van der Waals surface area contributed by atoms with E-state index in [0.29, 0.717) is 19.0 Å². The van der Waals surface area contributed by atoms with E-state index in [1.54, 1.807) is 6.07 Å². The van der Waals surface area contributed by atoms with Crippen molar-refractivity contribution in [1.82, 2.24) is 10.2 Å². The first kappa shape index (κ1) is 12.6. The fourth-order valence-electron chi connectivity index (χ4n) is 1.82.